The van der Waals surface area contributed by atoms with Crippen molar-refractivity contribution in [3.05, 3.63) is 72.4 Å². The van der Waals surface area contributed by atoms with Gasteiger partial charge >= 0.3 is 0 Å². The molecule has 34 heavy (non-hydrogen) atoms. The topological polar surface area (TPSA) is 107 Å². The molecule has 4 rings (SSSR count). The average Bonchev–Trinajstić information content (AvgIpc) is 3.09. The fraction of sp³-hybridized carbons (Fsp3) is 0.500. The second-order valence-electron chi connectivity index (χ2n) is 10.4. The molecule has 3 aliphatic rings. The standard InChI is InChI=1S/C28H35NO5/c1-16-9-8-12-20-24(31)18(3)17(2)23-21(15-19-10-6-5-7-11-19)29-26(33)28(20,23)22(30)13-14-27(4,34)25(16)32/h5-8,10-14,16-17,20-24,30-31,34H,3,9,15H2,1-2,4H3,(H,29,33)/b12-8-,14-13-. The van der Waals surface area contributed by atoms with Gasteiger partial charge in [0.25, 0.3) is 0 Å². The Morgan fingerprint density at radius 1 is 1.12 bits per heavy atom. The molecule has 9 unspecified atom stereocenters. The van der Waals surface area contributed by atoms with Crippen molar-refractivity contribution in [2.24, 2.45) is 29.1 Å². The summed E-state index contributed by atoms with van der Waals surface area (Å²) in [4.78, 5) is 26.6. The molecule has 1 aromatic rings. The number of carbonyl (C=O) groups excluding carboxylic acids is 2. The Bertz CT molecular complexity index is 1030. The van der Waals surface area contributed by atoms with Crippen molar-refractivity contribution in [2.75, 3.05) is 0 Å². The van der Waals surface area contributed by atoms with Crippen LogP contribution in [0, 0.1) is 29.1 Å². The van der Waals surface area contributed by atoms with E-state index in [-0.39, 0.29) is 29.6 Å². The molecule has 0 bridgehead atoms. The lowest BCUT2D eigenvalue weighted by Gasteiger charge is -2.51. The van der Waals surface area contributed by atoms with Gasteiger partial charge in [0.1, 0.15) is 5.60 Å². The van der Waals surface area contributed by atoms with Gasteiger partial charge < -0.3 is 20.6 Å². The quantitative estimate of drug-likeness (QED) is 0.502. The lowest BCUT2D eigenvalue weighted by atomic mass is 9.51. The Labute approximate surface area is 201 Å². The Hall–Kier alpha value is -2.54. The van der Waals surface area contributed by atoms with Crippen molar-refractivity contribution in [3.8, 4) is 0 Å². The number of amides is 1. The highest BCUT2D eigenvalue weighted by Gasteiger charge is 2.67. The molecule has 9 atom stereocenters. The highest BCUT2D eigenvalue weighted by molar-refractivity contribution is 5.91. The molecule has 1 heterocycles. The average molecular weight is 466 g/mol. The van der Waals surface area contributed by atoms with E-state index in [4.69, 9.17) is 0 Å². The first kappa shape index (κ1) is 24.6. The SMILES string of the molecule is C=C1C(C)C2C(Cc3ccccc3)NC(=O)C23C(O)/C=C\C(C)(O)C(=O)C(C)C/C=C\C3C1O. The molecule has 1 saturated heterocycles. The van der Waals surface area contributed by atoms with Gasteiger partial charge in [0, 0.05) is 23.8 Å². The summed E-state index contributed by atoms with van der Waals surface area (Å²) in [6, 6.07) is 9.57. The minimum atomic E-state index is -1.78. The molecule has 1 spiro atoms. The van der Waals surface area contributed by atoms with Crippen LogP contribution in [0.25, 0.3) is 0 Å². The number of hydrogen-bond donors (Lipinski definition) is 4. The van der Waals surface area contributed by atoms with Crippen LogP contribution in [0.3, 0.4) is 0 Å². The molecule has 2 fully saturated rings. The number of ketones is 1. The third-order valence-corrected chi connectivity index (χ3v) is 8.26. The van der Waals surface area contributed by atoms with Crippen LogP contribution in [0.2, 0.25) is 0 Å². The fourth-order valence-electron chi connectivity index (χ4n) is 6.39. The zero-order valence-corrected chi connectivity index (χ0v) is 20.0. The Morgan fingerprint density at radius 2 is 1.79 bits per heavy atom. The van der Waals surface area contributed by atoms with Crippen LogP contribution in [0.15, 0.2) is 66.8 Å². The predicted octanol–water partition coefficient (Wildman–Crippen LogP) is 2.35. The summed E-state index contributed by atoms with van der Waals surface area (Å²) in [5, 5.41) is 36.8. The van der Waals surface area contributed by atoms with Gasteiger partial charge in [-0.1, -0.05) is 69.0 Å². The summed E-state index contributed by atoms with van der Waals surface area (Å²) >= 11 is 0. The number of Topliss-reactive ketones (excluding diaryl/α,β-unsaturated/α-hetero) is 1. The molecule has 1 aliphatic heterocycles. The molecule has 0 aromatic heterocycles. The smallest absolute Gasteiger partial charge is 0.230 e. The second-order valence-corrected chi connectivity index (χ2v) is 10.4. The first-order valence-electron chi connectivity index (χ1n) is 12.0. The van der Waals surface area contributed by atoms with Crippen molar-refractivity contribution >= 4 is 11.7 Å². The van der Waals surface area contributed by atoms with E-state index in [0.29, 0.717) is 18.4 Å². The number of carbonyl (C=O) groups is 2. The molecule has 6 nitrogen and oxygen atoms in total. The van der Waals surface area contributed by atoms with Crippen molar-refractivity contribution in [1.29, 1.82) is 0 Å². The molecule has 1 saturated carbocycles. The highest BCUT2D eigenvalue weighted by atomic mass is 16.3. The maximum atomic E-state index is 13.8. The van der Waals surface area contributed by atoms with Crippen molar-refractivity contribution in [3.63, 3.8) is 0 Å². The van der Waals surface area contributed by atoms with Crippen molar-refractivity contribution in [1.82, 2.24) is 5.32 Å². The van der Waals surface area contributed by atoms with Gasteiger partial charge in [0.2, 0.25) is 5.91 Å². The number of nitrogens with one attached hydrogen (secondary N) is 1. The zero-order chi connectivity index (χ0) is 24.8. The first-order valence-corrected chi connectivity index (χ1v) is 12.0. The number of allylic oxidation sites excluding steroid dienone is 1. The second kappa shape index (κ2) is 8.91. The van der Waals surface area contributed by atoms with Gasteiger partial charge in [0.15, 0.2) is 5.78 Å². The number of aliphatic hydroxyl groups excluding tert-OH is 2. The third kappa shape index (κ3) is 3.78. The number of aliphatic hydroxyl groups is 3. The van der Waals surface area contributed by atoms with Gasteiger partial charge in [-0.15, -0.1) is 0 Å². The Kier molecular flexibility index (Phi) is 6.44. The van der Waals surface area contributed by atoms with E-state index < -0.39 is 35.1 Å². The lowest BCUT2D eigenvalue weighted by molar-refractivity contribution is -0.147. The minimum absolute atomic E-state index is 0.249. The van der Waals surface area contributed by atoms with Crippen LogP contribution < -0.4 is 5.32 Å². The summed E-state index contributed by atoms with van der Waals surface area (Å²) in [5.41, 5.74) is -1.46. The van der Waals surface area contributed by atoms with Crippen LogP contribution in [0.1, 0.15) is 32.8 Å². The van der Waals surface area contributed by atoms with Crippen LogP contribution >= 0.6 is 0 Å². The summed E-state index contributed by atoms with van der Waals surface area (Å²) in [5.74, 6) is -2.50. The largest absolute Gasteiger partial charge is 0.388 e. The highest BCUT2D eigenvalue weighted by Crippen LogP contribution is 2.57. The summed E-state index contributed by atoms with van der Waals surface area (Å²) in [7, 11) is 0. The molecule has 4 N–H and O–H groups in total. The monoisotopic (exact) mass is 465 g/mol. The molecule has 6 heteroatoms. The van der Waals surface area contributed by atoms with E-state index in [2.05, 4.69) is 11.9 Å². The van der Waals surface area contributed by atoms with Gasteiger partial charge in [-0.25, -0.2) is 0 Å². The molecule has 2 aliphatic carbocycles. The van der Waals surface area contributed by atoms with E-state index in [1.165, 1.54) is 19.1 Å². The van der Waals surface area contributed by atoms with Gasteiger partial charge in [-0.05, 0) is 42.9 Å². The molecule has 182 valence electrons. The normalized spacial score (nSPS) is 44.4. The van der Waals surface area contributed by atoms with Crippen molar-refractivity contribution < 1.29 is 24.9 Å². The fourth-order valence-corrected chi connectivity index (χ4v) is 6.39. The van der Waals surface area contributed by atoms with E-state index >= 15 is 0 Å². The Balaban J connectivity index is 1.87. The maximum absolute atomic E-state index is 13.8. The molecular weight excluding hydrogens is 430 g/mol. The summed E-state index contributed by atoms with van der Waals surface area (Å²) in [6.07, 6.45) is 4.77. The van der Waals surface area contributed by atoms with Crippen LogP contribution in [0.5, 0.6) is 0 Å². The van der Waals surface area contributed by atoms with Crippen LogP contribution in [0.4, 0.5) is 0 Å². The van der Waals surface area contributed by atoms with E-state index in [1.807, 2.05) is 37.3 Å². The lowest BCUT2D eigenvalue weighted by Crippen LogP contribution is -2.59. The van der Waals surface area contributed by atoms with E-state index in [1.54, 1.807) is 19.1 Å². The maximum Gasteiger partial charge on any atom is 0.230 e. The number of benzene rings is 1. The van der Waals surface area contributed by atoms with Crippen molar-refractivity contribution in [2.45, 2.75) is 57.5 Å². The third-order valence-electron chi connectivity index (χ3n) is 8.26. The van der Waals surface area contributed by atoms with E-state index in [9.17, 15) is 24.9 Å². The van der Waals surface area contributed by atoms with E-state index in [0.717, 1.165) is 5.56 Å². The van der Waals surface area contributed by atoms with Crippen LogP contribution in [-0.2, 0) is 16.0 Å². The van der Waals surface area contributed by atoms with Gasteiger partial charge in [0.05, 0.1) is 17.6 Å². The molecular formula is C28H35NO5. The van der Waals surface area contributed by atoms with Gasteiger partial charge in [-0.2, -0.15) is 0 Å². The van der Waals surface area contributed by atoms with Gasteiger partial charge in [-0.3, -0.25) is 9.59 Å². The number of rotatable bonds is 2. The molecule has 1 amide bonds. The molecule has 0 radical (unpaired) electrons. The zero-order valence-electron chi connectivity index (χ0n) is 20.0. The van der Waals surface area contributed by atoms with Crippen LogP contribution in [-0.4, -0.2) is 50.9 Å². The minimum Gasteiger partial charge on any atom is -0.388 e. The number of hydrogen-bond acceptors (Lipinski definition) is 5. The molecule has 1 aromatic carbocycles. The summed E-state index contributed by atoms with van der Waals surface area (Å²) in [6.45, 7) is 9.24. The predicted molar refractivity (Wildman–Crippen MR) is 129 cm³/mol. The Morgan fingerprint density at radius 3 is 2.47 bits per heavy atom. The summed E-state index contributed by atoms with van der Waals surface area (Å²) < 4.78 is 0. The first-order chi connectivity index (χ1) is 16.0.